The standard InChI is InChI=1S/C18H15F3N4O.C2H2O4/c19-18(20,21)15-5-1-3-12(7-15)9-25-10-14(11-25)17-23-16(24-26-17)13-4-2-6-22-8-13;3-1(4)2(5)6/h1-8,14H,9-11H2;(H,3,4)(H,5,6). The number of carboxylic acids is 2. The van der Waals surface area contributed by atoms with E-state index < -0.39 is 23.7 Å². The van der Waals surface area contributed by atoms with Gasteiger partial charge in [-0.15, -0.1) is 0 Å². The molecule has 1 aromatic carbocycles. The Balaban J connectivity index is 0.000000427. The fraction of sp³-hybridized carbons (Fsp3) is 0.250. The van der Waals surface area contributed by atoms with Crippen LogP contribution < -0.4 is 0 Å². The first-order valence-electron chi connectivity index (χ1n) is 9.22. The number of hydrogen-bond donors (Lipinski definition) is 2. The Labute approximate surface area is 179 Å². The van der Waals surface area contributed by atoms with Crippen LogP contribution in [0.5, 0.6) is 0 Å². The van der Waals surface area contributed by atoms with E-state index in [1.807, 2.05) is 11.0 Å². The number of likely N-dealkylation sites (tertiary alicyclic amines) is 1. The molecule has 0 amide bonds. The topological polar surface area (TPSA) is 130 Å². The number of carbonyl (C=O) groups is 2. The Morgan fingerprint density at radius 1 is 1.12 bits per heavy atom. The summed E-state index contributed by atoms with van der Waals surface area (Å²) >= 11 is 0. The van der Waals surface area contributed by atoms with E-state index in [0.717, 1.165) is 11.6 Å². The van der Waals surface area contributed by atoms with Crippen LogP contribution in [0.2, 0.25) is 0 Å². The number of benzene rings is 1. The van der Waals surface area contributed by atoms with Crippen molar-refractivity contribution in [2.75, 3.05) is 13.1 Å². The van der Waals surface area contributed by atoms with E-state index >= 15 is 0 Å². The molecule has 0 aliphatic carbocycles. The van der Waals surface area contributed by atoms with Crippen LogP contribution in [-0.4, -0.2) is 55.3 Å². The van der Waals surface area contributed by atoms with Gasteiger partial charge in [-0.25, -0.2) is 9.59 Å². The maximum absolute atomic E-state index is 12.8. The highest BCUT2D eigenvalue weighted by Gasteiger charge is 2.34. The number of hydrogen-bond acceptors (Lipinski definition) is 7. The van der Waals surface area contributed by atoms with Gasteiger partial charge in [0.25, 0.3) is 0 Å². The fourth-order valence-corrected chi connectivity index (χ4v) is 2.97. The lowest BCUT2D eigenvalue weighted by Gasteiger charge is -2.37. The molecule has 9 nitrogen and oxygen atoms in total. The SMILES string of the molecule is FC(F)(F)c1cccc(CN2CC(c3nc(-c4cccnc4)no3)C2)c1.O=C(O)C(=O)O. The molecule has 0 atom stereocenters. The first-order chi connectivity index (χ1) is 15.1. The van der Waals surface area contributed by atoms with Gasteiger partial charge in [0.2, 0.25) is 11.7 Å². The second kappa shape index (κ2) is 9.56. The zero-order valence-corrected chi connectivity index (χ0v) is 16.4. The maximum Gasteiger partial charge on any atom is 0.416 e. The Kier molecular flexibility index (Phi) is 6.83. The number of aromatic nitrogens is 3. The second-order valence-corrected chi connectivity index (χ2v) is 6.90. The number of alkyl halides is 3. The molecule has 1 saturated heterocycles. The fourth-order valence-electron chi connectivity index (χ4n) is 2.97. The average molecular weight is 450 g/mol. The predicted octanol–water partition coefficient (Wildman–Crippen LogP) is 2.91. The van der Waals surface area contributed by atoms with Gasteiger partial charge in [-0.3, -0.25) is 9.88 Å². The zero-order valence-electron chi connectivity index (χ0n) is 16.4. The molecule has 0 radical (unpaired) electrons. The third-order valence-electron chi connectivity index (χ3n) is 4.51. The van der Waals surface area contributed by atoms with Crippen molar-refractivity contribution in [1.29, 1.82) is 0 Å². The van der Waals surface area contributed by atoms with Crippen LogP contribution in [0.3, 0.4) is 0 Å². The third-order valence-corrected chi connectivity index (χ3v) is 4.51. The molecule has 1 fully saturated rings. The Morgan fingerprint density at radius 2 is 1.84 bits per heavy atom. The number of nitrogens with zero attached hydrogens (tertiary/aromatic N) is 4. The molecule has 32 heavy (non-hydrogen) atoms. The molecule has 3 heterocycles. The number of rotatable bonds is 4. The lowest BCUT2D eigenvalue weighted by Crippen LogP contribution is -2.44. The minimum Gasteiger partial charge on any atom is -0.473 e. The summed E-state index contributed by atoms with van der Waals surface area (Å²) in [6.45, 7) is 1.81. The van der Waals surface area contributed by atoms with Gasteiger partial charge in [-0.05, 0) is 23.8 Å². The van der Waals surface area contributed by atoms with E-state index in [1.54, 1.807) is 24.5 Å². The van der Waals surface area contributed by atoms with Crippen molar-refractivity contribution in [3.05, 3.63) is 65.8 Å². The van der Waals surface area contributed by atoms with Crippen LogP contribution in [0.4, 0.5) is 13.2 Å². The summed E-state index contributed by atoms with van der Waals surface area (Å²) in [6, 6.07) is 9.07. The van der Waals surface area contributed by atoms with E-state index in [1.165, 1.54) is 12.1 Å². The van der Waals surface area contributed by atoms with Crippen molar-refractivity contribution in [3.8, 4) is 11.4 Å². The first kappa shape index (κ1) is 22.9. The Morgan fingerprint density at radius 3 is 2.44 bits per heavy atom. The Hall–Kier alpha value is -3.80. The monoisotopic (exact) mass is 450 g/mol. The molecule has 12 heteroatoms. The van der Waals surface area contributed by atoms with Crippen LogP contribution in [0.25, 0.3) is 11.4 Å². The highest BCUT2D eigenvalue weighted by Crippen LogP contribution is 2.32. The molecular formula is C20H17F3N4O5. The van der Waals surface area contributed by atoms with E-state index in [0.29, 0.717) is 36.9 Å². The molecule has 3 aromatic rings. The quantitative estimate of drug-likeness (QED) is 0.576. The molecule has 1 aliphatic rings. The van der Waals surface area contributed by atoms with E-state index in [2.05, 4.69) is 15.1 Å². The largest absolute Gasteiger partial charge is 0.473 e. The molecule has 4 rings (SSSR count). The number of pyridine rings is 1. The molecule has 168 valence electrons. The van der Waals surface area contributed by atoms with Crippen molar-refractivity contribution in [2.24, 2.45) is 0 Å². The summed E-state index contributed by atoms with van der Waals surface area (Å²) in [6.07, 6.45) is -0.989. The molecule has 0 bridgehead atoms. The van der Waals surface area contributed by atoms with Gasteiger partial charge in [0.05, 0.1) is 11.5 Å². The average Bonchev–Trinajstić information content (AvgIpc) is 3.20. The van der Waals surface area contributed by atoms with Crippen molar-refractivity contribution >= 4 is 11.9 Å². The summed E-state index contributed by atoms with van der Waals surface area (Å²) in [5, 5.41) is 18.7. The molecule has 0 spiro atoms. The lowest BCUT2D eigenvalue weighted by molar-refractivity contribution is -0.159. The van der Waals surface area contributed by atoms with E-state index in [9.17, 15) is 13.2 Å². The van der Waals surface area contributed by atoms with E-state index in [-0.39, 0.29) is 5.92 Å². The van der Waals surface area contributed by atoms with Crippen LogP contribution >= 0.6 is 0 Å². The van der Waals surface area contributed by atoms with Crippen LogP contribution in [-0.2, 0) is 22.3 Å². The van der Waals surface area contributed by atoms with Crippen molar-refractivity contribution in [3.63, 3.8) is 0 Å². The minimum atomic E-state index is -4.32. The van der Waals surface area contributed by atoms with Gasteiger partial charge in [0.15, 0.2) is 0 Å². The maximum atomic E-state index is 12.8. The number of aliphatic carboxylic acids is 2. The smallest absolute Gasteiger partial charge is 0.416 e. The molecule has 1 aliphatic heterocycles. The summed E-state index contributed by atoms with van der Waals surface area (Å²) in [4.78, 5) is 28.7. The van der Waals surface area contributed by atoms with Gasteiger partial charge in [0.1, 0.15) is 0 Å². The summed E-state index contributed by atoms with van der Waals surface area (Å²) in [5.41, 5.74) is 0.799. The molecule has 0 saturated carbocycles. The van der Waals surface area contributed by atoms with Crippen molar-refractivity contribution < 1.29 is 37.5 Å². The zero-order chi connectivity index (χ0) is 23.3. The highest BCUT2D eigenvalue weighted by atomic mass is 19.4. The summed E-state index contributed by atoms with van der Waals surface area (Å²) in [7, 11) is 0. The number of halogens is 3. The van der Waals surface area contributed by atoms with Crippen LogP contribution in [0.1, 0.15) is 22.9 Å². The van der Waals surface area contributed by atoms with Gasteiger partial charge >= 0.3 is 18.1 Å². The molecule has 2 aromatic heterocycles. The van der Waals surface area contributed by atoms with Crippen LogP contribution in [0, 0.1) is 0 Å². The highest BCUT2D eigenvalue weighted by molar-refractivity contribution is 6.27. The van der Waals surface area contributed by atoms with Crippen molar-refractivity contribution in [1.82, 2.24) is 20.0 Å². The van der Waals surface area contributed by atoms with Gasteiger partial charge < -0.3 is 14.7 Å². The van der Waals surface area contributed by atoms with Gasteiger partial charge in [0, 0.05) is 37.6 Å². The summed E-state index contributed by atoms with van der Waals surface area (Å²) in [5.74, 6) is -2.52. The summed E-state index contributed by atoms with van der Waals surface area (Å²) < 4.78 is 43.7. The predicted molar refractivity (Wildman–Crippen MR) is 102 cm³/mol. The molecule has 2 N–H and O–H groups in total. The van der Waals surface area contributed by atoms with Crippen LogP contribution in [0.15, 0.2) is 53.3 Å². The second-order valence-electron chi connectivity index (χ2n) is 6.90. The Bertz CT molecular complexity index is 1070. The van der Waals surface area contributed by atoms with Gasteiger partial charge in [-0.1, -0.05) is 23.4 Å². The van der Waals surface area contributed by atoms with E-state index in [4.69, 9.17) is 24.3 Å². The number of carboxylic acid groups (broad SMARTS) is 2. The molecule has 0 unspecified atom stereocenters. The lowest BCUT2D eigenvalue weighted by atomic mass is 9.98. The van der Waals surface area contributed by atoms with Gasteiger partial charge in [-0.2, -0.15) is 18.2 Å². The third kappa shape index (κ3) is 5.88. The molecular weight excluding hydrogens is 433 g/mol. The first-order valence-corrected chi connectivity index (χ1v) is 9.22. The minimum absolute atomic E-state index is 0.0960. The normalized spacial score (nSPS) is 14.2. The van der Waals surface area contributed by atoms with Crippen molar-refractivity contribution in [2.45, 2.75) is 18.6 Å².